The van der Waals surface area contributed by atoms with E-state index in [4.69, 9.17) is 85.3 Å². The van der Waals surface area contributed by atoms with Crippen molar-refractivity contribution < 1.29 is 157 Å². The highest BCUT2D eigenvalue weighted by atomic mass is 32.2. The average molecular weight is 2010 g/mol. The van der Waals surface area contributed by atoms with Gasteiger partial charge in [0, 0.05) is 40.3 Å². The lowest BCUT2D eigenvalue weighted by Gasteiger charge is -2.51. The minimum absolute atomic E-state index is 0.0412. The summed E-state index contributed by atoms with van der Waals surface area (Å²) in [4.78, 5) is 0. The molecule has 0 unspecified atom stereocenters. The topological polar surface area (TPSA) is 449 Å². The Bertz CT molecular complexity index is 2820. The van der Waals surface area contributed by atoms with E-state index < -0.39 is 215 Å². The lowest BCUT2D eigenvalue weighted by Crippen LogP contribution is -2.68. The average Bonchev–Trinajstić information content (AvgIpc) is 0.876. The van der Waals surface area contributed by atoms with Gasteiger partial charge in [-0.2, -0.15) is 82.3 Å². The maximum atomic E-state index is 13.5. The number of unbranched alkanes of at least 4 members (excludes halogenated alkanes) is 21. The van der Waals surface area contributed by atoms with Crippen LogP contribution < -0.4 is 0 Å². The second kappa shape index (κ2) is 67.7. The molecule has 0 aromatic carbocycles. The highest BCUT2D eigenvalue weighted by molar-refractivity contribution is 8.00. The van der Waals surface area contributed by atoms with Crippen LogP contribution in [0.2, 0.25) is 0 Å². The van der Waals surface area contributed by atoms with Crippen LogP contribution in [0.25, 0.3) is 0 Å². The summed E-state index contributed by atoms with van der Waals surface area (Å²) in [5, 5.41) is 174. The summed E-state index contributed by atoms with van der Waals surface area (Å²) in [5.41, 5.74) is 0. The summed E-state index contributed by atoms with van der Waals surface area (Å²) >= 11 is 10.6. The van der Waals surface area contributed by atoms with Gasteiger partial charge in [-0.3, -0.25) is 0 Å². The molecule has 0 saturated carbocycles. The summed E-state index contributed by atoms with van der Waals surface area (Å²) in [5.74, 6) is 5.66. The Morgan fingerprint density at radius 2 is 0.366 bits per heavy atom. The van der Waals surface area contributed by atoms with E-state index in [0.717, 1.165) is 180 Å². The van der Waals surface area contributed by atoms with Gasteiger partial charge in [-0.25, -0.2) is 0 Å². The molecular weight excluding hydrogens is 1840 g/mol. The zero-order chi connectivity index (χ0) is 94.2. The molecule has 32 nitrogen and oxygen atoms in total. The highest BCUT2D eigenvalue weighted by Crippen LogP contribution is 2.43. The SMILES string of the molecule is CCCCCCSC[C@H]1O[C@@H]2O[C@H]3[C@H](O)[C@@H](O)[C@@H](O[C@H]4[C@H](O)[C@@H](O)[C@@H](O[C@H]5[C@H](O)[C@@H](OCCOCCO)[C@@H](O[C@H]6[C@H](O)[C@@H](OCCOCCO)[C@@H](O[C@H]7[C@H](O)[C@@H](O)[C@@H](O[C@H]8[C@H](O)[C@@H](O)[C@@H](O[C@H]1[C@H](O)[C@H]2O)O[C@@H]8CSCCCCCC)O[C@@H]7CSCCCCCC)O[C@@H]6CSCCCCCC)O[C@@H]5CSCCCCCC)O[C@@H]4CSCCCCCC)O[C@@H]3CSCCCCCC. The largest absolute Gasteiger partial charge is 0.394 e. The summed E-state index contributed by atoms with van der Waals surface area (Å²) < 4.78 is 121. The van der Waals surface area contributed by atoms with Gasteiger partial charge in [0.1, 0.15) is 128 Å². The lowest BCUT2D eigenvalue weighted by molar-refractivity contribution is -0.392. The summed E-state index contributed by atoms with van der Waals surface area (Å²) in [7, 11) is 0. The second-order valence-electron chi connectivity index (χ2n) is 35.7. The molecule has 21 heterocycles. The van der Waals surface area contributed by atoms with Crippen LogP contribution in [0.1, 0.15) is 228 Å². The van der Waals surface area contributed by atoms with Crippen LogP contribution in [0.15, 0.2) is 0 Å². The molecule has 35 atom stereocenters. The third-order valence-corrected chi connectivity index (χ3v) is 33.0. The molecule has 0 aliphatic carbocycles. The van der Waals surface area contributed by atoms with E-state index in [0.29, 0.717) is 40.3 Å². The third-order valence-electron chi connectivity index (χ3n) is 25.0. The number of aliphatic hydroxyl groups is 14. The molecule has 0 amide bonds. The van der Waals surface area contributed by atoms with Crippen LogP contribution in [-0.2, 0) is 85.3 Å². The van der Waals surface area contributed by atoms with Crippen molar-refractivity contribution in [1.82, 2.24) is 0 Å². The van der Waals surface area contributed by atoms with Gasteiger partial charge in [0.05, 0.1) is 95.6 Å². The first-order valence-electron chi connectivity index (χ1n) is 49.7. The molecule has 21 aliphatic heterocycles. The van der Waals surface area contributed by atoms with Crippen molar-refractivity contribution in [3.05, 3.63) is 0 Å². The number of ether oxygens (including phenoxy) is 18. The predicted octanol–water partition coefficient (Wildman–Crippen LogP) is 8.08. The Labute approximate surface area is 810 Å². The Balaban J connectivity index is 1.28. The number of aliphatic hydroxyl groups excluding tert-OH is 14. The first-order chi connectivity index (χ1) is 63.7. The summed E-state index contributed by atoms with van der Waals surface area (Å²) in [6.07, 6.45) is -29.0. The van der Waals surface area contributed by atoms with Crippen LogP contribution in [-0.4, -0.2) is 420 Å². The molecule has 14 N–H and O–H groups in total. The maximum Gasteiger partial charge on any atom is 0.187 e. The van der Waals surface area contributed by atoms with Crippen LogP contribution >= 0.6 is 82.3 Å². The van der Waals surface area contributed by atoms with Gasteiger partial charge in [-0.05, 0) is 85.2 Å². The fraction of sp³-hybridized carbons (Fsp3) is 1.00. The molecule has 21 saturated heterocycles. The van der Waals surface area contributed by atoms with Crippen LogP contribution in [0.4, 0.5) is 0 Å². The van der Waals surface area contributed by atoms with E-state index in [2.05, 4.69) is 48.5 Å². The van der Waals surface area contributed by atoms with Crippen LogP contribution in [0.3, 0.4) is 0 Å². The third kappa shape index (κ3) is 38.3. The maximum absolute atomic E-state index is 13.5. The van der Waals surface area contributed by atoms with Gasteiger partial charge in [0.2, 0.25) is 0 Å². The Hall–Kier alpha value is 1.17. The molecule has 39 heteroatoms. The van der Waals surface area contributed by atoms with E-state index in [-0.39, 0.29) is 93.1 Å². The van der Waals surface area contributed by atoms with Gasteiger partial charge in [-0.1, -0.05) is 183 Å². The van der Waals surface area contributed by atoms with E-state index in [1.807, 2.05) is 0 Å². The zero-order valence-electron chi connectivity index (χ0n) is 79.0. The molecule has 772 valence electrons. The van der Waals surface area contributed by atoms with Gasteiger partial charge in [0.15, 0.2) is 44.0 Å². The number of hydrogen-bond donors (Lipinski definition) is 14. The fourth-order valence-electron chi connectivity index (χ4n) is 17.3. The lowest BCUT2D eigenvalue weighted by atomic mass is 9.95. The first kappa shape index (κ1) is 117. The monoisotopic (exact) mass is 2010 g/mol. The molecule has 21 fully saturated rings. The number of rotatable bonds is 61. The predicted molar refractivity (Wildman–Crippen MR) is 512 cm³/mol. The number of hydrogen-bond acceptors (Lipinski definition) is 39. The normalized spacial score (nSPS) is 37.5. The van der Waals surface area contributed by atoms with Crippen molar-refractivity contribution in [3.63, 3.8) is 0 Å². The summed E-state index contributed by atoms with van der Waals surface area (Å²) in [6, 6.07) is 0. The molecule has 0 aromatic heterocycles. The Morgan fingerprint density at radius 1 is 0.191 bits per heavy atom. The van der Waals surface area contributed by atoms with Crippen molar-refractivity contribution in [2.75, 3.05) is 133 Å². The van der Waals surface area contributed by atoms with E-state index in [9.17, 15) is 71.5 Å². The van der Waals surface area contributed by atoms with Gasteiger partial charge in [-0.15, -0.1) is 0 Å². The second-order valence-corrected chi connectivity index (χ2v) is 43.7. The van der Waals surface area contributed by atoms with E-state index >= 15 is 0 Å². The van der Waals surface area contributed by atoms with E-state index in [1.165, 1.54) is 70.6 Å². The van der Waals surface area contributed by atoms with Crippen molar-refractivity contribution >= 4 is 82.3 Å². The van der Waals surface area contributed by atoms with Crippen LogP contribution in [0.5, 0.6) is 0 Å². The summed E-state index contributed by atoms with van der Waals surface area (Å²) in [6.45, 7) is 13.6. The zero-order valence-corrected chi connectivity index (χ0v) is 84.7. The van der Waals surface area contributed by atoms with Crippen molar-refractivity contribution in [2.24, 2.45) is 0 Å². The van der Waals surface area contributed by atoms with Gasteiger partial charge >= 0.3 is 0 Å². The van der Waals surface area contributed by atoms with Gasteiger partial charge in [0.25, 0.3) is 0 Å². The standard InChI is InChI=1S/C92H170O32S7/c1-8-15-22-29-44-125-51-58-77-65(95)70(100)86(111-58)118-78-59(52-126-45-30-23-16-9-2)112-88(71(101)66(78)96)120-80-61(54-128-47-32-25-18-11-4)114-90(73(103)68(80)98)122-82-63(56-130-49-34-27-20-13-6)116-92(84(75(82)105)109-42-40-107-38-36-93)124-83-64(57-131-50-35-28-21-14-7)117-91(85(76(83)106)110-43-41-108-39-37-94)123-81-62(55-129-48-33-26-19-12-5)115-89(74(104)69(81)99)121-79-60(53-127-46-31-24-17-10-3)113-87(119-77)72(102)67(79)97/h58-106H,8-57H2,1-7H3/t58-,59-,60-,61-,62-,63-,64-,65-,66-,67-,68-,69-,70-,71-,72-,73-,74-,75+,76+,77-,78-,79-,80-,81-,82-,83-,84-,85-,86-,87-,88-,89-,90-,91-,92-/m1/s1. The van der Waals surface area contributed by atoms with Gasteiger partial charge < -0.3 is 157 Å². The molecule has 0 radical (unpaired) electrons. The highest BCUT2D eigenvalue weighted by Gasteiger charge is 2.61. The van der Waals surface area contributed by atoms with Crippen molar-refractivity contribution in [1.29, 1.82) is 0 Å². The molecule has 14 bridgehead atoms. The Kier molecular flexibility index (Phi) is 60.7. The van der Waals surface area contributed by atoms with Crippen LogP contribution in [0, 0.1) is 0 Å². The molecule has 0 aromatic rings. The van der Waals surface area contributed by atoms with E-state index in [1.54, 1.807) is 11.8 Å². The first-order valence-corrected chi connectivity index (χ1v) is 57.8. The quantitative estimate of drug-likeness (QED) is 0.0256. The smallest absolute Gasteiger partial charge is 0.187 e. The molecular formula is C92H170O32S7. The van der Waals surface area contributed by atoms with Crippen molar-refractivity contribution in [2.45, 2.75) is 443 Å². The molecule has 21 rings (SSSR count). The number of thioether (sulfide) groups is 7. The Morgan fingerprint density at radius 3 is 0.550 bits per heavy atom. The molecule has 21 aliphatic rings. The van der Waals surface area contributed by atoms with Crippen molar-refractivity contribution in [3.8, 4) is 0 Å². The fourth-order valence-corrected chi connectivity index (χ4v) is 24.8. The minimum Gasteiger partial charge on any atom is -0.394 e. The molecule has 131 heavy (non-hydrogen) atoms. The minimum atomic E-state index is -1.95. The molecule has 0 spiro atoms.